The van der Waals surface area contributed by atoms with Crippen LogP contribution in [0.5, 0.6) is 0 Å². The number of anilines is 1. The summed E-state index contributed by atoms with van der Waals surface area (Å²) in [5.74, 6) is -4.08. The van der Waals surface area contributed by atoms with Crippen LogP contribution in [0.15, 0.2) is 42.5 Å². The minimum Gasteiger partial charge on any atom is -0.322 e. The Labute approximate surface area is 150 Å². The van der Waals surface area contributed by atoms with Crippen molar-refractivity contribution in [2.24, 2.45) is 5.92 Å². The summed E-state index contributed by atoms with van der Waals surface area (Å²) in [7, 11) is 0. The zero-order valence-corrected chi connectivity index (χ0v) is 14.4. The Morgan fingerprint density at radius 2 is 1.69 bits per heavy atom. The van der Waals surface area contributed by atoms with Crippen LogP contribution < -0.4 is 5.32 Å². The van der Waals surface area contributed by atoms with Gasteiger partial charge >= 0.3 is 0 Å². The van der Waals surface area contributed by atoms with Gasteiger partial charge in [-0.25, -0.2) is 13.2 Å². The molecule has 1 aliphatic rings. The molecule has 0 saturated carbocycles. The van der Waals surface area contributed by atoms with Gasteiger partial charge in [-0.15, -0.1) is 0 Å². The number of benzene rings is 2. The van der Waals surface area contributed by atoms with Crippen molar-refractivity contribution in [2.45, 2.75) is 19.3 Å². The van der Waals surface area contributed by atoms with Crippen molar-refractivity contribution in [1.29, 1.82) is 0 Å². The standard InChI is InChI=1S/C20H21F3N2O/c21-16-6-7-17(20(23)19(16)22)24-18(26)13-25-10-8-15(9-11-25)12-14-4-2-1-3-5-14/h1-7,15H,8-13H2,(H,24,26). The van der Waals surface area contributed by atoms with E-state index in [4.69, 9.17) is 0 Å². The van der Waals surface area contributed by atoms with E-state index in [2.05, 4.69) is 17.4 Å². The number of carbonyl (C=O) groups is 1. The SMILES string of the molecule is O=C(CN1CCC(Cc2ccccc2)CC1)Nc1ccc(F)c(F)c1F. The fourth-order valence-corrected chi connectivity index (χ4v) is 3.31. The molecule has 1 N–H and O–H groups in total. The fraction of sp³-hybridized carbons (Fsp3) is 0.350. The zero-order valence-electron chi connectivity index (χ0n) is 14.4. The van der Waals surface area contributed by atoms with Gasteiger partial charge in [-0.1, -0.05) is 30.3 Å². The van der Waals surface area contributed by atoms with E-state index in [-0.39, 0.29) is 12.2 Å². The Morgan fingerprint density at radius 3 is 2.38 bits per heavy atom. The molecule has 0 bridgehead atoms. The van der Waals surface area contributed by atoms with Crippen LogP contribution in [0.1, 0.15) is 18.4 Å². The van der Waals surface area contributed by atoms with Crippen LogP contribution in [0.25, 0.3) is 0 Å². The molecule has 2 aromatic carbocycles. The molecule has 1 amide bonds. The van der Waals surface area contributed by atoms with E-state index < -0.39 is 23.4 Å². The molecule has 0 radical (unpaired) electrons. The maximum Gasteiger partial charge on any atom is 0.238 e. The number of amides is 1. The lowest BCUT2D eigenvalue weighted by atomic mass is 9.90. The summed E-state index contributed by atoms with van der Waals surface area (Å²) < 4.78 is 39.8. The third kappa shape index (κ3) is 4.64. The summed E-state index contributed by atoms with van der Waals surface area (Å²) >= 11 is 0. The molecule has 0 spiro atoms. The number of likely N-dealkylation sites (tertiary alicyclic amines) is 1. The van der Waals surface area contributed by atoms with E-state index in [1.54, 1.807) is 0 Å². The van der Waals surface area contributed by atoms with Crippen LogP contribution in [0, 0.1) is 23.4 Å². The maximum atomic E-state index is 13.6. The largest absolute Gasteiger partial charge is 0.322 e. The topological polar surface area (TPSA) is 32.3 Å². The summed E-state index contributed by atoms with van der Waals surface area (Å²) in [6.45, 7) is 1.67. The molecule has 0 atom stereocenters. The highest BCUT2D eigenvalue weighted by molar-refractivity contribution is 5.92. The summed E-state index contributed by atoms with van der Waals surface area (Å²) in [5, 5.41) is 2.31. The Balaban J connectivity index is 1.47. The quantitative estimate of drug-likeness (QED) is 0.816. The number of halogens is 3. The van der Waals surface area contributed by atoms with Crippen molar-refractivity contribution in [3.63, 3.8) is 0 Å². The summed E-state index contributed by atoms with van der Waals surface area (Å²) in [4.78, 5) is 14.1. The van der Waals surface area contributed by atoms with Crippen LogP contribution in [-0.2, 0) is 11.2 Å². The Bertz CT molecular complexity index is 759. The molecule has 1 aliphatic heterocycles. The Morgan fingerprint density at radius 1 is 1.00 bits per heavy atom. The van der Waals surface area contributed by atoms with E-state index in [0.29, 0.717) is 5.92 Å². The molecule has 1 saturated heterocycles. The van der Waals surface area contributed by atoms with Gasteiger partial charge in [0.15, 0.2) is 17.5 Å². The van der Waals surface area contributed by atoms with Gasteiger partial charge in [0.2, 0.25) is 5.91 Å². The molecular weight excluding hydrogens is 341 g/mol. The third-order valence-electron chi connectivity index (χ3n) is 4.75. The van der Waals surface area contributed by atoms with E-state index >= 15 is 0 Å². The lowest BCUT2D eigenvalue weighted by Gasteiger charge is -2.31. The average molecular weight is 362 g/mol. The lowest BCUT2D eigenvalue weighted by Crippen LogP contribution is -2.39. The third-order valence-corrected chi connectivity index (χ3v) is 4.75. The van der Waals surface area contributed by atoms with Crippen LogP contribution in [-0.4, -0.2) is 30.4 Å². The maximum absolute atomic E-state index is 13.6. The van der Waals surface area contributed by atoms with E-state index in [9.17, 15) is 18.0 Å². The van der Waals surface area contributed by atoms with Crippen molar-refractivity contribution < 1.29 is 18.0 Å². The summed E-state index contributed by atoms with van der Waals surface area (Å²) in [6.07, 6.45) is 3.00. The van der Waals surface area contributed by atoms with Crippen molar-refractivity contribution in [3.05, 3.63) is 65.5 Å². The van der Waals surface area contributed by atoms with E-state index in [1.807, 2.05) is 23.1 Å². The predicted octanol–water partition coefficient (Wildman–Crippen LogP) is 4.00. The normalized spacial score (nSPS) is 15.8. The van der Waals surface area contributed by atoms with Gasteiger partial charge in [0, 0.05) is 0 Å². The molecule has 26 heavy (non-hydrogen) atoms. The number of nitrogens with zero attached hydrogens (tertiary/aromatic N) is 1. The number of piperidine rings is 1. The number of hydrogen-bond acceptors (Lipinski definition) is 2. The summed E-state index contributed by atoms with van der Waals surface area (Å²) in [6, 6.07) is 12.1. The minimum atomic E-state index is -1.58. The van der Waals surface area contributed by atoms with Gasteiger partial charge in [0.05, 0.1) is 12.2 Å². The first-order valence-corrected chi connectivity index (χ1v) is 8.72. The second kappa shape index (κ2) is 8.36. The fourth-order valence-electron chi connectivity index (χ4n) is 3.31. The zero-order chi connectivity index (χ0) is 18.5. The molecule has 0 aromatic heterocycles. The highest BCUT2D eigenvalue weighted by Gasteiger charge is 2.22. The Hall–Kier alpha value is -2.34. The van der Waals surface area contributed by atoms with Crippen LogP contribution in [0.4, 0.5) is 18.9 Å². The molecule has 0 aliphatic carbocycles. The van der Waals surface area contributed by atoms with Gasteiger partial charge in [-0.2, -0.15) is 0 Å². The van der Waals surface area contributed by atoms with Gasteiger partial charge in [0.1, 0.15) is 0 Å². The number of rotatable bonds is 5. The molecular formula is C20H21F3N2O. The lowest BCUT2D eigenvalue weighted by molar-refractivity contribution is -0.117. The van der Waals surface area contributed by atoms with Crippen LogP contribution >= 0.6 is 0 Å². The predicted molar refractivity (Wildman–Crippen MR) is 94.3 cm³/mol. The van der Waals surface area contributed by atoms with Gasteiger partial charge < -0.3 is 5.32 Å². The first kappa shape index (κ1) is 18.5. The van der Waals surface area contributed by atoms with Crippen molar-refractivity contribution in [3.8, 4) is 0 Å². The molecule has 1 fully saturated rings. The first-order chi connectivity index (χ1) is 12.5. The number of carbonyl (C=O) groups excluding carboxylic acids is 1. The monoisotopic (exact) mass is 362 g/mol. The van der Waals surface area contributed by atoms with Crippen molar-refractivity contribution >= 4 is 11.6 Å². The van der Waals surface area contributed by atoms with Crippen LogP contribution in [0.2, 0.25) is 0 Å². The molecule has 6 heteroatoms. The van der Waals surface area contributed by atoms with Crippen molar-refractivity contribution in [1.82, 2.24) is 4.90 Å². The highest BCUT2D eigenvalue weighted by Crippen LogP contribution is 2.22. The molecule has 3 rings (SSSR count). The van der Waals surface area contributed by atoms with E-state index in [0.717, 1.165) is 44.5 Å². The van der Waals surface area contributed by atoms with Gasteiger partial charge in [-0.3, -0.25) is 9.69 Å². The smallest absolute Gasteiger partial charge is 0.238 e. The highest BCUT2D eigenvalue weighted by atomic mass is 19.2. The van der Waals surface area contributed by atoms with Crippen LogP contribution in [0.3, 0.4) is 0 Å². The first-order valence-electron chi connectivity index (χ1n) is 8.72. The molecule has 3 nitrogen and oxygen atoms in total. The molecule has 138 valence electrons. The van der Waals surface area contributed by atoms with Gasteiger partial charge in [0.25, 0.3) is 0 Å². The average Bonchev–Trinajstić information content (AvgIpc) is 2.65. The Kier molecular flexibility index (Phi) is 5.93. The molecule has 1 heterocycles. The summed E-state index contributed by atoms with van der Waals surface area (Å²) in [5.41, 5.74) is 0.977. The second-order valence-electron chi connectivity index (χ2n) is 6.68. The number of nitrogens with one attached hydrogen (secondary N) is 1. The molecule has 0 unspecified atom stereocenters. The van der Waals surface area contributed by atoms with E-state index in [1.165, 1.54) is 5.56 Å². The van der Waals surface area contributed by atoms with Gasteiger partial charge in [-0.05, 0) is 56.0 Å². The molecule has 2 aromatic rings. The number of hydrogen-bond donors (Lipinski definition) is 1. The second-order valence-corrected chi connectivity index (χ2v) is 6.68. The minimum absolute atomic E-state index is 0.108. The van der Waals surface area contributed by atoms with Crippen molar-refractivity contribution in [2.75, 3.05) is 25.0 Å².